The van der Waals surface area contributed by atoms with Crippen LogP contribution in [0.2, 0.25) is 0 Å². The minimum Gasteiger partial charge on any atom is -0.448 e. The monoisotopic (exact) mass is 423 g/mol. The molecule has 0 aliphatic carbocycles. The molecule has 5 rings (SSSR count). The fourth-order valence-corrected chi connectivity index (χ4v) is 5.18. The Bertz CT molecular complexity index is 1100. The molecule has 1 N–H and O–H groups in total. The second-order valence-electron chi connectivity index (χ2n) is 8.44. The molecule has 0 bridgehead atoms. The molecule has 31 heavy (non-hydrogen) atoms. The van der Waals surface area contributed by atoms with Crippen LogP contribution in [-0.2, 0) is 16.8 Å². The molecule has 2 saturated heterocycles. The van der Waals surface area contributed by atoms with Gasteiger partial charge >= 0.3 is 0 Å². The summed E-state index contributed by atoms with van der Waals surface area (Å²) >= 11 is 0. The fraction of sp³-hybridized carbons (Fsp3) is 0.333. The maximum Gasteiger partial charge on any atom is 0.223 e. The number of fused-ring (bicyclic) bond motifs is 1. The minimum atomic E-state index is -0.957. The van der Waals surface area contributed by atoms with Crippen LogP contribution < -0.4 is 5.32 Å². The highest BCUT2D eigenvalue weighted by atomic mass is 19.1. The Morgan fingerprint density at radius 3 is 2.61 bits per heavy atom. The summed E-state index contributed by atoms with van der Waals surface area (Å²) in [7, 11) is 0. The molecule has 0 radical (unpaired) electrons. The second-order valence-corrected chi connectivity index (χ2v) is 8.44. The zero-order valence-electron chi connectivity index (χ0n) is 17.1. The molecular formula is C24H23F2N3O2. The Balaban J connectivity index is 1.61. The van der Waals surface area contributed by atoms with Crippen molar-refractivity contribution in [3.8, 4) is 0 Å². The van der Waals surface area contributed by atoms with Crippen LogP contribution in [0.1, 0.15) is 29.1 Å². The Kier molecular flexibility index (Phi) is 4.85. The van der Waals surface area contributed by atoms with Gasteiger partial charge in [0.25, 0.3) is 0 Å². The lowest BCUT2D eigenvalue weighted by Crippen LogP contribution is -2.58. The normalized spacial score (nSPS) is 25.6. The van der Waals surface area contributed by atoms with Crippen molar-refractivity contribution in [2.75, 3.05) is 13.1 Å². The van der Waals surface area contributed by atoms with E-state index in [1.807, 2.05) is 42.2 Å². The maximum atomic E-state index is 14.3. The predicted octanol–water partition coefficient (Wildman–Crippen LogP) is 3.57. The first kappa shape index (κ1) is 19.9. The molecule has 7 heteroatoms. The van der Waals surface area contributed by atoms with Crippen molar-refractivity contribution in [1.82, 2.24) is 15.2 Å². The lowest BCUT2D eigenvalue weighted by molar-refractivity contribution is -0.129. The van der Waals surface area contributed by atoms with Crippen LogP contribution in [0.3, 0.4) is 0 Å². The molecule has 3 atom stereocenters. The Hall–Kier alpha value is -3.06. The third-order valence-corrected chi connectivity index (χ3v) is 6.54. The van der Waals surface area contributed by atoms with Crippen molar-refractivity contribution >= 4 is 5.91 Å². The number of carbonyl (C=O) groups is 1. The number of hydrogen-bond acceptors (Lipinski definition) is 4. The van der Waals surface area contributed by atoms with Gasteiger partial charge in [0, 0.05) is 44.1 Å². The summed E-state index contributed by atoms with van der Waals surface area (Å²) in [5.41, 5.74) is 1.19. The van der Waals surface area contributed by atoms with E-state index in [2.05, 4.69) is 10.3 Å². The van der Waals surface area contributed by atoms with Gasteiger partial charge in [-0.3, -0.25) is 4.79 Å². The van der Waals surface area contributed by atoms with E-state index in [1.165, 1.54) is 18.4 Å². The number of amides is 1. The number of nitrogens with zero attached hydrogens (tertiary/aromatic N) is 2. The van der Waals surface area contributed by atoms with Crippen molar-refractivity contribution in [2.24, 2.45) is 5.92 Å². The van der Waals surface area contributed by atoms with Crippen molar-refractivity contribution in [1.29, 1.82) is 0 Å². The molecule has 3 aromatic rings. The molecule has 160 valence electrons. The number of oxazole rings is 1. The maximum absolute atomic E-state index is 14.3. The predicted molar refractivity (Wildman–Crippen MR) is 110 cm³/mol. The highest BCUT2D eigenvalue weighted by Gasteiger charge is 2.57. The molecule has 1 aromatic heterocycles. The molecule has 1 amide bonds. The zero-order valence-corrected chi connectivity index (χ0v) is 17.1. The summed E-state index contributed by atoms with van der Waals surface area (Å²) in [6.07, 6.45) is 1.80. The molecule has 3 unspecified atom stereocenters. The number of carbonyl (C=O) groups excluding carboxylic acids is 1. The smallest absolute Gasteiger partial charge is 0.223 e. The van der Waals surface area contributed by atoms with Crippen molar-refractivity contribution in [3.63, 3.8) is 0 Å². The van der Waals surface area contributed by atoms with E-state index in [4.69, 9.17) is 4.42 Å². The minimum absolute atomic E-state index is 0.0204. The van der Waals surface area contributed by atoms with Gasteiger partial charge in [-0.1, -0.05) is 30.3 Å². The van der Waals surface area contributed by atoms with E-state index < -0.39 is 17.0 Å². The third kappa shape index (κ3) is 3.33. The van der Waals surface area contributed by atoms with Gasteiger partial charge in [-0.15, -0.1) is 0 Å². The summed E-state index contributed by atoms with van der Waals surface area (Å²) in [5.74, 6) is -1.15. The first-order valence-electron chi connectivity index (χ1n) is 10.4. The van der Waals surface area contributed by atoms with E-state index in [1.54, 1.807) is 0 Å². The van der Waals surface area contributed by atoms with Crippen molar-refractivity contribution in [2.45, 2.75) is 31.3 Å². The van der Waals surface area contributed by atoms with E-state index in [0.29, 0.717) is 36.8 Å². The van der Waals surface area contributed by atoms with Crippen LogP contribution in [0.5, 0.6) is 0 Å². The van der Waals surface area contributed by atoms with Gasteiger partial charge in [0.15, 0.2) is 0 Å². The summed E-state index contributed by atoms with van der Waals surface area (Å²) in [6.45, 7) is 3.27. The third-order valence-electron chi connectivity index (χ3n) is 6.54. The lowest BCUT2D eigenvalue weighted by atomic mass is 9.65. The second kappa shape index (κ2) is 7.57. The van der Waals surface area contributed by atoms with E-state index in [9.17, 15) is 13.6 Å². The van der Waals surface area contributed by atoms with Crippen LogP contribution >= 0.6 is 0 Å². The zero-order chi connectivity index (χ0) is 21.6. The van der Waals surface area contributed by atoms with Gasteiger partial charge in [-0.05, 0) is 30.2 Å². The molecule has 2 fully saturated rings. The molecule has 5 nitrogen and oxygen atoms in total. The standard InChI is InChI=1S/C24H23F2N3O2/c1-15-13-31-23(28-15)24(17-7-18(25)9-19(26)8-17)14-27-11-21-20(24)10-22(30)29(21)12-16-5-3-2-4-6-16/h2-9,13,20-21,27H,10-12,14H2,1H3. The SMILES string of the molecule is Cc1coc(C2(c3cc(F)cc(F)c3)CNCC3C2CC(=O)N3Cc2ccccc2)n1. The van der Waals surface area contributed by atoms with Crippen LogP contribution in [0, 0.1) is 24.5 Å². The van der Waals surface area contributed by atoms with E-state index in [0.717, 1.165) is 11.6 Å². The quantitative estimate of drug-likeness (QED) is 0.697. The van der Waals surface area contributed by atoms with Gasteiger partial charge in [0.05, 0.1) is 11.1 Å². The van der Waals surface area contributed by atoms with Gasteiger partial charge in [0.2, 0.25) is 11.8 Å². The Labute approximate surface area is 179 Å². The Morgan fingerprint density at radius 2 is 1.94 bits per heavy atom. The average molecular weight is 423 g/mol. The largest absolute Gasteiger partial charge is 0.448 e. The number of halogens is 2. The van der Waals surface area contributed by atoms with Gasteiger partial charge in [-0.25, -0.2) is 13.8 Å². The van der Waals surface area contributed by atoms with E-state index in [-0.39, 0.29) is 24.3 Å². The lowest BCUT2D eigenvalue weighted by Gasteiger charge is -2.45. The molecule has 0 spiro atoms. The van der Waals surface area contributed by atoms with Crippen LogP contribution in [0.15, 0.2) is 59.2 Å². The van der Waals surface area contributed by atoms with E-state index >= 15 is 0 Å². The number of hydrogen-bond donors (Lipinski definition) is 1. The summed E-state index contributed by atoms with van der Waals surface area (Å²) < 4.78 is 34.4. The van der Waals surface area contributed by atoms with Gasteiger partial charge in [-0.2, -0.15) is 0 Å². The number of nitrogens with one attached hydrogen (secondary N) is 1. The average Bonchev–Trinajstić information content (AvgIpc) is 3.32. The van der Waals surface area contributed by atoms with Crippen LogP contribution in [0.25, 0.3) is 0 Å². The number of rotatable bonds is 4. The highest BCUT2D eigenvalue weighted by Crippen LogP contribution is 2.48. The summed E-state index contributed by atoms with van der Waals surface area (Å²) in [4.78, 5) is 19.6. The molecule has 2 aliphatic heterocycles. The molecule has 0 saturated carbocycles. The fourth-order valence-electron chi connectivity index (χ4n) is 5.18. The van der Waals surface area contributed by atoms with Crippen LogP contribution in [0.4, 0.5) is 8.78 Å². The molecule has 3 heterocycles. The van der Waals surface area contributed by atoms with Crippen molar-refractivity contribution < 1.29 is 18.0 Å². The topological polar surface area (TPSA) is 58.4 Å². The molecular weight excluding hydrogens is 400 g/mol. The Morgan fingerprint density at radius 1 is 1.19 bits per heavy atom. The van der Waals surface area contributed by atoms with Crippen molar-refractivity contribution in [3.05, 3.63) is 89.1 Å². The number of aromatic nitrogens is 1. The van der Waals surface area contributed by atoms with Gasteiger partial charge < -0.3 is 14.6 Å². The number of aryl methyl sites for hydroxylation is 1. The first-order chi connectivity index (χ1) is 15.0. The van der Waals surface area contributed by atoms with Crippen LogP contribution in [-0.4, -0.2) is 34.9 Å². The molecule has 2 aliphatic rings. The molecule has 2 aromatic carbocycles. The van der Waals surface area contributed by atoms with Gasteiger partial charge in [0.1, 0.15) is 17.9 Å². The highest BCUT2D eigenvalue weighted by molar-refractivity contribution is 5.80. The number of piperidine rings is 1. The summed E-state index contributed by atoms with van der Waals surface area (Å²) in [6, 6.07) is 13.2. The number of benzene rings is 2. The number of likely N-dealkylation sites (tertiary alicyclic amines) is 1. The summed E-state index contributed by atoms with van der Waals surface area (Å²) in [5, 5.41) is 3.39. The first-order valence-corrected chi connectivity index (χ1v) is 10.4.